The zero-order valence-corrected chi connectivity index (χ0v) is 11.4. The minimum Gasteiger partial charge on any atom is -0.433 e. The molecule has 0 aromatic heterocycles. The van der Waals surface area contributed by atoms with Crippen molar-refractivity contribution in [2.24, 2.45) is 0 Å². The number of hydrogen-bond donors (Lipinski definition) is 1. The average molecular weight is 282 g/mol. The Kier molecular flexibility index (Phi) is 3.78. The first kappa shape index (κ1) is 13.6. The van der Waals surface area contributed by atoms with Gasteiger partial charge >= 0.3 is 6.61 Å². The molecule has 0 radical (unpaired) electrons. The third-order valence-electron chi connectivity index (χ3n) is 4.36. The van der Waals surface area contributed by atoms with Crippen LogP contribution in [0.2, 0.25) is 0 Å². The van der Waals surface area contributed by atoms with E-state index in [0.29, 0.717) is 0 Å². The number of piperazine rings is 1. The Morgan fingerprint density at radius 1 is 1.20 bits per heavy atom. The number of alkyl halides is 2. The Morgan fingerprint density at radius 2 is 1.95 bits per heavy atom. The first-order chi connectivity index (χ1) is 9.69. The molecule has 1 aromatic carbocycles. The molecule has 1 spiro atoms. The van der Waals surface area contributed by atoms with Crippen molar-refractivity contribution in [2.75, 3.05) is 24.5 Å². The predicted octanol–water partition coefficient (Wildman–Crippen LogP) is 3.01. The Bertz CT molecular complexity index is 461. The van der Waals surface area contributed by atoms with Crippen LogP contribution in [0.5, 0.6) is 5.75 Å². The number of nitrogens with one attached hydrogen (secondary N) is 1. The van der Waals surface area contributed by atoms with E-state index >= 15 is 0 Å². The smallest absolute Gasteiger partial charge is 0.387 e. The van der Waals surface area contributed by atoms with Crippen LogP contribution in [-0.4, -0.2) is 31.8 Å². The van der Waals surface area contributed by atoms with Crippen LogP contribution in [-0.2, 0) is 0 Å². The minimum absolute atomic E-state index is 0.163. The highest BCUT2D eigenvalue weighted by Crippen LogP contribution is 2.36. The molecule has 2 fully saturated rings. The van der Waals surface area contributed by atoms with Gasteiger partial charge in [0.2, 0.25) is 0 Å². The van der Waals surface area contributed by atoms with Crippen molar-refractivity contribution < 1.29 is 13.5 Å². The zero-order valence-electron chi connectivity index (χ0n) is 11.4. The van der Waals surface area contributed by atoms with Gasteiger partial charge in [-0.2, -0.15) is 8.78 Å². The van der Waals surface area contributed by atoms with Gasteiger partial charge < -0.3 is 15.0 Å². The van der Waals surface area contributed by atoms with E-state index in [1.165, 1.54) is 25.7 Å². The molecule has 5 heteroatoms. The largest absolute Gasteiger partial charge is 0.433 e. The van der Waals surface area contributed by atoms with Crippen molar-refractivity contribution in [3.05, 3.63) is 24.3 Å². The molecule has 0 bridgehead atoms. The van der Waals surface area contributed by atoms with Gasteiger partial charge in [-0.05, 0) is 25.0 Å². The van der Waals surface area contributed by atoms with Crippen molar-refractivity contribution in [1.29, 1.82) is 0 Å². The molecule has 1 saturated carbocycles. The summed E-state index contributed by atoms with van der Waals surface area (Å²) in [5.74, 6) is 0.276. The van der Waals surface area contributed by atoms with Gasteiger partial charge in [0.05, 0.1) is 5.69 Å². The van der Waals surface area contributed by atoms with Crippen LogP contribution in [0, 0.1) is 0 Å². The molecule has 1 aromatic rings. The lowest BCUT2D eigenvalue weighted by Gasteiger charge is -2.43. The Morgan fingerprint density at radius 3 is 2.70 bits per heavy atom. The summed E-state index contributed by atoms with van der Waals surface area (Å²) in [6, 6.07) is 7.09. The lowest BCUT2D eigenvalue weighted by molar-refractivity contribution is -0.0495. The predicted molar refractivity (Wildman–Crippen MR) is 74.5 cm³/mol. The summed E-state index contributed by atoms with van der Waals surface area (Å²) < 4.78 is 29.7. The number of nitrogens with zero attached hydrogens (tertiary/aromatic N) is 1. The maximum absolute atomic E-state index is 12.5. The van der Waals surface area contributed by atoms with E-state index in [9.17, 15) is 8.78 Å². The molecule has 1 aliphatic heterocycles. The van der Waals surface area contributed by atoms with Crippen LogP contribution in [0.1, 0.15) is 25.7 Å². The third kappa shape index (κ3) is 2.73. The normalized spacial score (nSPS) is 21.6. The highest BCUT2D eigenvalue weighted by molar-refractivity contribution is 5.59. The SMILES string of the molecule is FC(F)Oc1ccccc1N1CCNC2(CCCC2)C1. The number of halogens is 2. The molecule has 0 amide bonds. The fourth-order valence-electron chi connectivity index (χ4n) is 3.46. The quantitative estimate of drug-likeness (QED) is 0.922. The fourth-order valence-corrected chi connectivity index (χ4v) is 3.46. The van der Waals surface area contributed by atoms with Crippen LogP contribution in [0.15, 0.2) is 24.3 Å². The first-order valence-corrected chi connectivity index (χ1v) is 7.22. The average Bonchev–Trinajstić information content (AvgIpc) is 2.87. The molecule has 2 aliphatic rings. The Balaban J connectivity index is 1.81. The van der Waals surface area contributed by atoms with Gasteiger partial charge in [-0.25, -0.2) is 0 Å². The lowest BCUT2D eigenvalue weighted by Crippen LogP contribution is -2.59. The highest BCUT2D eigenvalue weighted by Gasteiger charge is 2.38. The molecule has 1 aliphatic carbocycles. The second-order valence-electron chi connectivity index (χ2n) is 5.68. The summed E-state index contributed by atoms with van der Waals surface area (Å²) in [6.45, 7) is -0.190. The monoisotopic (exact) mass is 282 g/mol. The Hall–Kier alpha value is -1.36. The van der Waals surface area contributed by atoms with E-state index in [2.05, 4.69) is 15.0 Å². The molecule has 3 rings (SSSR count). The van der Waals surface area contributed by atoms with E-state index in [1.54, 1.807) is 12.1 Å². The summed E-state index contributed by atoms with van der Waals surface area (Å²) in [7, 11) is 0. The highest BCUT2D eigenvalue weighted by atomic mass is 19.3. The first-order valence-electron chi connectivity index (χ1n) is 7.22. The number of anilines is 1. The molecule has 1 heterocycles. The fraction of sp³-hybridized carbons (Fsp3) is 0.600. The summed E-state index contributed by atoms with van der Waals surface area (Å²) in [4.78, 5) is 2.18. The Labute approximate surface area is 117 Å². The van der Waals surface area contributed by atoms with Crippen LogP contribution in [0.4, 0.5) is 14.5 Å². The molecule has 20 heavy (non-hydrogen) atoms. The molecule has 1 N–H and O–H groups in total. The molecular formula is C15H20F2N2O. The number of rotatable bonds is 3. The standard InChI is InChI=1S/C15H20F2N2O/c16-14(17)20-13-6-2-1-5-12(13)19-10-9-18-15(11-19)7-3-4-8-15/h1-2,5-6,14,18H,3-4,7-11H2. The van der Waals surface area contributed by atoms with E-state index < -0.39 is 6.61 Å². The maximum atomic E-state index is 12.5. The third-order valence-corrected chi connectivity index (χ3v) is 4.36. The zero-order chi connectivity index (χ0) is 14.0. The number of para-hydroxylation sites is 2. The van der Waals surface area contributed by atoms with Gasteiger partial charge in [-0.15, -0.1) is 0 Å². The van der Waals surface area contributed by atoms with Gasteiger partial charge in [-0.1, -0.05) is 25.0 Å². The summed E-state index contributed by atoms with van der Waals surface area (Å²) in [5, 5.41) is 3.62. The minimum atomic E-state index is -2.78. The number of ether oxygens (including phenoxy) is 1. The molecule has 1 saturated heterocycles. The van der Waals surface area contributed by atoms with Crippen molar-refractivity contribution in [3.8, 4) is 5.75 Å². The second kappa shape index (κ2) is 5.56. The maximum Gasteiger partial charge on any atom is 0.387 e. The van der Waals surface area contributed by atoms with Crippen LogP contribution in [0.25, 0.3) is 0 Å². The number of benzene rings is 1. The topological polar surface area (TPSA) is 24.5 Å². The molecule has 110 valence electrons. The molecule has 0 unspecified atom stereocenters. The van der Waals surface area contributed by atoms with Gasteiger partial charge in [0, 0.05) is 25.2 Å². The number of hydrogen-bond acceptors (Lipinski definition) is 3. The van der Waals surface area contributed by atoms with E-state index in [-0.39, 0.29) is 11.3 Å². The van der Waals surface area contributed by atoms with Gasteiger partial charge in [0.15, 0.2) is 0 Å². The lowest BCUT2D eigenvalue weighted by atomic mass is 9.94. The molecule has 3 nitrogen and oxygen atoms in total. The van der Waals surface area contributed by atoms with E-state index in [4.69, 9.17) is 0 Å². The second-order valence-corrected chi connectivity index (χ2v) is 5.68. The van der Waals surface area contributed by atoms with Crippen molar-refractivity contribution in [1.82, 2.24) is 5.32 Å². The van der Waals surface area contributed by atoms with Crippen molar-refractivity contribution >= 4 is 5.69 Å². The summed E-state index contributed by atoms with van der Waals surface area (Å²) in [5.41, 5.74) is 0.941. The molecular weight excluding hydrogens is 262 g/mol. The van der Waals surface area contributed by atoms with E-state index in [0.717, 1.165) is 25.3 Å². The summed E-state index contributed by atoms with van der Waals surface area (Å²) >= 11 is 0. The van der Waals surface area contributed by atoms with Gasteiger partial charge in [0.1, 0.15) is 5.75 Å². The van der Waals surface area contributed by atoms with Gasteiger partial charge in [0.25, 0.3) is 0 Å². The van der Waals surface area contributed by atoms with Crippen LogP contribution < -0.4 is 15.0 Å². The van der Waals surface area contributed by atoms with Crippen LogP contribution >= 0.6 is 0 Å². The van der Waals surface area contributed by atoms with Gasteiger partial charge in [-0.3, -0.25) is 0 Å². The van der Waals surface area contributed by atoms with E-state index in [1.807, 2.05) is 12.1 Å². The van der Waals surface area contributed by atoms with Crippen molar-refractivity contribution in [2.45, 2.75) is 37.8 Å². The van der Waals surface area contributed by atoms with Crippen LogP contribution in [0.3, 0.4) is 0 Å². The molecule has 0 atom stereocenters. The summed E-state index contributed by atoms with van der Waals surface area (Å²) in [6.07, 6.45) is 4.83. The van der Waals surface area contributed by atoms with Crippen molar-refractivity contribution in [3.63, 3.8) is 0 Å².